The molecule has 0 spiro atoms. The number of rotatable bonds is 6. The molecule has 1 aromatic carbocycles. The number of hydrogen-bond acceptors (Lipinski definition) is 4. The van der Waals surface area contributed by atoms with Crippen LogP contribution in [0.1, 0.15) is 42.6 Å². The molecule has 6 nitrogen and oxygen atoms in total. The number of aromatic amines is 1. The second-order valence-corrected chi connectivity index (χ2v) is 8.51. The lowest BCUT2D eigenvalue weighted by atomic mass is 9.79. The van der Waals surface area contributed by atoms with E-state index >= 15 is 0 Å². The highest BCUT2D eigenvalue weighted by molar-refractivity contribution is 7.89. The van der Waals surface area contributed by atoms with Crippen LogP contribution in [0.5, 0.6) is 5.75 Å². The molecule has 0 amide bonds. The van der Waals surface area contributed by atoms with Gasteiger partial charge in [0.2, 0.25) is 10.0 Å². The molecule has 0 aliphatic heterocycles. The minimum atomic E-state index is -3.59. The maximum absolute atomic E-state index is 12.8. The third-order valence-electron chi connectivity index (χ3n) is 5.19. The highest BCUT2D eigenvalue weighted by atomic mass is 32.2. The Morgan fingerprint density at radius 2 is 1.84 bits per heavy atom. The van der Waals surface area contributed by atoms with Crippen molar-refractivity contribution in [2.45, 2.75) is 49.8 Å². The lowest BCUT2D eigenvalue weighted by Gasteiger charge is -2.30. The fourth-order valence-corrected chi connectivity index (χ4v) is 5.30. The Morgan fingerprint density at radius 1 is 1.20 bits per heavy atom. The number of nitrogens with zero attached hydrogens (tertiary/aromatic N) is 1. The summed E-state index contributed by atoms with van der Waals surface area (Å²) < 4.78 is 33.6. The number of aryl methyl sites for hydroxylation is 2. The number of methoxy groups -OCH3 is 1. The Labute approximate surface area is 149 Å². The average molecular weight is 363 g/mol. The van der Waals surface area contributed by atoms with Gasteiger partial charge < -0.3 is 4.74 Å². The van der Waals surface area contributed by atoms with Crippen LogP contribution in [0.3, 0.4) is 0 Å². The summed E-state index contributed by atoms with van der Waals surface area (Å²) in [4.78, 5) is 0.260. The number of aromatic nitrogens is 2. The predicted molar refractivity (Wildman–Crippen MR) is 96.4 cm³/mol. The standard InChI is InChI=1S/C18H25N3O3S/c1-13-17(14(2)21-20-13)25(22,23)19-12-18(10-4-5-11-18)15-6-8-16(24-3)9-7-15/h6-9,19H,4-5,10-12H2,1-3H3,(H,20,21). The zero-order valence-electron chi connectivity index (χ0n) is 14.9. The van der Waals surface area contributed by atoms with Crippen molar-refractivity contribution in [3.05, 3.63) is 41.2 Å². The molecule has 1 saturated carbocycles. The van der Waals surface area contributed by atoms with Crippen molar-refractivity contribution in [1.29, 1.82) is 0 Å². The summed E-state index contributed by atoms with van der Waals surface area (Å²) >= 11 is 0. The smallest absolute Gasteiger partial charge is 0.244 e. The van der Waals surface area contributed by atoms with Gasteiger partial charge in [-0.25, -0.2) is 13.1 Å². The van der Waals surface area contributed by atoms with Gasteiger partial charge in [0.15, 0.2) is 0 Å². The van der Waals surface area contributed by atoms with E-state index in [2.05, 4.69) is 14.9 Å². The Bertz CT molecular complexity index is 815. The summed E-state index contributed by atoms with van der Waals surface area (Å²) in [6.07, 6.45) is 4.17. The van der Waals surface area contributed by atoms with Crippen molar-refractivity contribution in [1.82, 2.24) is 14.9 Å². The van der Waals surface area contributed by atoms with E-state index in [1.54, 1.807) is 21.0 Å². The van der Waals surface area contributed by atoms with Crippen LogP contribution >= 0.6 is 0 Å². The number of H-pyrrole nitrogens is 1. The summed E-state index contributed by atoms with van der Waals surface area (Å²) in [5.41, 5.74) is 2.06. The average Bonchev–Trinajstić information content (AvgIpc) is 3.21. The summed E-state index contributed by atoms with van der Waals surface area (Å²) in [6.45, 7) is 3.82. The monoisotopic (exact) mass is 363 g/mol. The molecule has 2 aromatic rings. The van der Waals surface area contributed by atoms with E-state index in [0.29, 0.717) is 17.9 Å². The Balaban J connectivity index is 1.85. The molecular formula is C18H25N3O3S. The van der Waals surface area contributed by atoms with Gasteiger partial charge in [-0.1, -0.05) is 25.0 Å². The van der Waals surface area contributed by atoms with E-state index in [1.165, 1.54) is 0 Å². The van der Waals surface area contributed by atoms with E-state index in [1.807, 2.05) is 24.3 Å². The fraction of sp³-hybridized carbons (Fsp3) is 0.500. The Morgan fingerprint density at radius 3 is 2.36 bits per heavy atom. The third-order valence-corrected chi connectivity index (χ3v) is 6.86. The van der Waals surface area contributed by atoms with Crippen LogP contribution in [0.2, 0.25) is 0 Å². The molecule has 7 heteroatoms. The summed E-state index contributed by atoms with van der Waals surface area (Å²) in [7, 11) is -1.95. The van der Waals surface area contributed by atoms with E-state index in [0.717, 1.165) is 37.0 Å². The zero-order valence-corrected chi connectivity index (χ0v) is 15.7. The minimum Gasteiger partial charge on any atom is -0.497 e. The first kappa shape index (κ1) is 17.9. The zero-order chi connectivity index (χ0) is 18.1. The number of sulfonamides is 1. The molecule has 1 fully saturated rings. The molecule has 25 heavy (non-hydrogen) atoms. The van der Waals surface area contributed by atoms with Crippen molar-refractivity contribution in [3.8, 4) is 5.75 Å². The van der Waals surface area contributed by atoms with Crippen LogP contribution in [-0.4, -0.2) is 32.3 Å². The Hall–Kier alpha value is -1.86. The van der Waals surface area contributed by atoms with Crippen molar-refractivity contribution in [3.63, 3.8) is 0 Å². The molecule has 0 saturated heterocycles. The Kier molecular flexibility index (Phi) is 4.88. The van der Waals surface area contributed by atoms with Crippen molar-refractivity contribution in [2.24, 2.45) is 0 Å². The van der Waals surface area contributed by atoms with Crippen LogP contribution in [0.25, 0.3) is 0 Å². The maximum atomic E-state index is 12.8. The summed E-state index contributed by atoms with van der Waals surface area (Å²) in [6, 6.07) is 7.97. The van der Waals surface area contributed by atoms with Gasteiger partial charge in [-0.3, -0.25) is 5.10 Å². The number of ether oxygens (including phenoxy) is 1. The first-order chi connectivity index (χ1) is 11.9. The third kappa shape index (κ3) is 3.43. The normalized spacial score (nSPS) is 16.9. The SMILES string of the molecule is COc1ccc(C2(CNS(=O)(=O)c3c(C)n[nH]c3C)CCCC2)cc1. The first-order valence-electron chi connectivity index (χ1n) is 8.54. The topological polar surface area (TPSA) is 84.1 Å². The molecule has 0 atom stereocenters. The van der Waals surface area contributed by atoms with Gasteiger partial charge in [0.25, 0.3) is 0 Å². The lowest BCUT2D eigenvalue weighted by molar-refractivity contribution is 0.410. The molecule has 0 radical (unpaired) electrons. The molecule has 1 aliphatic rings. The second-order valence-electron chi connectivity index (χ2n) is 6.80. The molecule has 0 unspecified atom stereocenters. The lowest BCUT2D eigenvalue weighted by Crippen LogP contribution is -2.39. The highest BCUT2D eigenvalue weighted by Crippen LogP contribution is 2.41. The molecule has 1 heterocycles. The van der Waals surface area contributed by atoms with E-state index in [9.17, 15) is 8.42 Å². The van der Waals surface area contributed by atoms with Gasteiger partial charge in [-0.15, -0.1) is 0 Å². The molecule has 1 aromatic heterocycles. The molecule has 2 N–H and O–H groups in total. The van der Waals surface area contributed by atoms with Crippen LogP contribution in [-0.2, 0) is 15.4 Å². The van der Waals surface area contributed by atoms with Gasteiger partial charge in [0, 0.05) is 12.0 Å². The molecule has 136 valence electrons. The van der Waals surface area contributed by atoms with Gasteiger partial charge >= 0.3 is 0 Å². The molecule has 0 bridgehead atoms. The number of benzene rings is 1. The van der Waals surface area contributed by atoms with Crippen molar-refractivity contribution < 1.29 is 13.2 Å². The minimum absolute atomic E-state index is 0.162. The maximum Gasteiger partial charge on any atom is 0.244 e. The van der Waals surface area contributed by atoms with Crippen molar-refractivity contribution >= 4 is 10.0 Å². The number of hydrogen-bond donors (Lipinski definition) is 2. The van der Waals surface area contributed by atoms with Crippen LogP contribution in [0.4, 0.5) is 0 Å². The molecule has 3 rings (SSSR count). The van der Waals surface area contributed by atoms with Crippen LogP contribution < -0.4 is 9.46 Å². The van der Waals surface area contributed by atoms with Gasteiger partial charge in [0.05, 0.1) is 18.5 Å². The quantitative estimate of drug-likeness (QED) is 0.826. The fourth-order valence-electron chi connectivity index (χ4n) is 3.81. The molecular weight excluding hydrogens is 338 g/mol. The van der Waals surface area contributed by atoms with E-state index in [4.69, 9.17) is 4.74 Å². The van der Waals surface area contributed by atoms with Crippen LogP contribution in [0, 0.1) is 13.8 Å². The van der Waals surface area contributed by atoms with E-state index < -0.39 is 10.0 Å². The van der Waals surface area contributed by atoms with Crippen molar-refractivity contribution in [2.75, 3.05) is 13.7 Å². The number of nitrogens with one attached hydrogen (secondary N) is 2. The highest BCUT2D eigenvalue weighted by Gasteiger charge is 2.37. The summed E-state index contributed by atoms with van der Waals surface area (Å²) in [5.74, 6) is 0.808. The summed E-state index contributed by atoms with van der Waals surface area (Å²) in [5, 5.41) is 6.74. The second kappa shape index (κ2) is 6.80. The van der Waals surface area contributed by atoms with Gasteiger partial charge in [0.1, 0.15) is 10.6 Å². The van der Waals surface area contributed by atoms with Gasteiger partial charge in [-0.2, -0.15) is 5.10 Å². The van der Waals surface area contributed by atoms with Gasteiger partial charge in [-0.05, 0) is 44.4 Å². The first-order valence-corrected chi connectivity index (χ1v) is 10.0. The van der Waals surface area contributed by atoms with E-state index in [-0.39, 0.29) is 10.3 Å². The molecule has 1 aliphatic carbocycles. The largest absolute Gasteiger partial charge is 0.497 e. The van der Waals surface area contributed by atoms with Crippen LogP contribution in [0.15, 0.2) is 29.2 Å². The predicted octanol–water partition coefficient (Wildman–Crippen LogP) is 2.83.